The molecule has 9 heteroatoms. The zero-order chi connectivity index (χ0) is 12.1. The van der Waals surface area contributed by atoms with Crippen molar-refractivity contribution >= 4 is 10.1 Å². The molecule has 0 aliphatic rings. The molecule has 0 aromatic carbocycles. The van der Waals surface area contributed by atoms with Gasteiger partial charge in [0, 0.05) is 19.1 Å². The number of halogens is 4. The quantitative estimate of drug-likeness (QED) is 0.402. The second kappa shape index (κ2) is 6.66. The highest BCUT2D eigenvalue weighted by molar-refractivity contribution is 7.86. The molecule has 0 spiro atoms. The summed E-state index contributed by atoms with van der Waals surface area (Å²) in [6.07, 6.45) is 1.91. The Morgan fingerprint density at radius 2 is 1.75 bits per heavy atom. The Bertz CT molecular complexity index is 393. The minimum atomic E-state index is -6.09. The summed E-state index contributed by atoms with van der Waals surface area (Å²) < 4.78 is 58.9. The molecular weight excluding hydrogens is 271 g/mol. The first-order chi connectivity index (χ1) is 6.64. The number of aromatic nitrogens is 1. The van der Waals surface area contributed by atoms with Crippen LogP contribution in [0.15, 0.2) is 24.4 Å². The van der Waals surface area contributed by atoms with Crippen LogP contribution < -0.4 is 17.4 Å². The Kier molecular flexibility index (Phi) is 7.30. The number of H-pyrrole nitrogens is 1. The van der Waals surface area contributed by atoms with Gasteiger partial charge in [0.2, 0.25) is 0 Å². The average Bonchev–Trinajstić information content (AvgIpc) is 2.02. The molecule has 0 aliphatic carbocycles. The molecule has 16 heavy (non-hydrogen) atoms. The molecule has 0 aliphatic heterocycles. The second-order valence-electron chi connectivity index (χ2n) is 2.45. The fraction of sp³-hybridized carbons (Fsp3) is 0.286. The lowest BCUT2D eigenvalue weighted by Gasteiger charge is -2.08. The molecule has 1 rings (SSSR count). The minimum Gasteiger partial charge on any atom is -1.00 e. The highest BCUT2D eigenvalue weighted by Gasteiger charge is 2.36. The number of hydrogen-bond donors (Lipinski definition) is 0. The van der Waals surface area contributed by atoms with Crippen LogP contribution in [0.5, 0.6) is 0 Å². The lowest BCUT2D eigenvalue weighted by atomic mass is 10.4. The smallest absolute Gasteiger partial charge is 0.485 e. The molecule has 94 valence electrons. The monoisotopic (exact) mass is 278 g/mol. The predicted octanol–water partition coefficient (Wildman–Crippen LogP) is -2.14. The first-order valence-corrected chi connectivity index (χ1v) is 5.01. The Labute approximate surface area is 96.7 Å². The molecule has 1 aromatic heterocycles. The maximum Gasteiger partial charge on any atom is 0.485 e. The Morgan fingerprint density at radius 3 is 1.88 bits per heavy atom. The second-order valence-corrected chi connectivity index (χ2v) is 3.82. The van der Waals surface area contributed by atoms with E-state index in [0.29, 0.717) is 0 Å². The molecule has 0 saturated heterocycles. The summed E-state index contributed by atoms with van der Waals surface area (Å²) in [5.41, 5.74) is -4.45. The van der Waals surface area contributed by atoms with Gasteiger partial charge >= 0.3 is 5.51 Å². The normalized spacial score (nSPS) is 10.8. The first-order valence-electron chi connectivity index (χ1n) is 3.60. The zero-order valence-electron chi connectivity index (χ0n) is 7.95. The Hall–Kier alpha value is -0.860. The predicted molar refractivity (Wildman–Crippen MR) is 43.5 cm³/mol. The molecule has 1 heterocycles. The van der Waals surface area contributed by atoms with Crippen molar-refractivity contribution in [3.8, 4) is 0 Å². The van der Waals surface area contributed by atoms with Gasteiger partial charge in [-0.15, -0.1) is 0 Å². The van der Waals surface area contributed by atoms with Gasteiger partial charge in [0.05, 0.1) is 0 Å². The maximum atomic E-state index is 10.7. The van der Waals surface area contributed by atoms with Gasteiger partial charge < -0.3 is 17.0 Å². The number of rotatable bonds is 0. The van der Waals surface area contributed by atoms with E-state index in [1.54, 1.807) is 0 Å². The number of hydrogen-bond acceptors (Lipinski definition) is 3. The topological polar surface area (TPSA) is 71.3 Å². The minimum absolute atomic E-state index is 0. The van der Waals surface area contributed by atoms with E-state index < -0.39 is 15.6 Å². The SMILES string of the molecule is Cc1cccc[nH+]1.O=S(=O)([O-])C(F)(F)F.[Cl-]. The summed E-state index contributed by atoms with van der Waals surface area (Å²) in [6.45, 7) is 2.03. The molecule has 1 aromatic rings. The van der Waals surface area contributed by atoms with E-state index in [1.165, 1.54) is 5.69 Å². The Morgan fingerprint density at radius 1 is 1.31 bits per heavy atom. The van der Waals surface area contributed by atoms with Gasteiger partial charge in [-0.3, -0.25) is 0 Å². The van der Waals surface area contributed by atoms with Crippen LogP contribution >= 0.6 is 0 Å². The van der Waals surface area contributed by atoms with Gasteiger partial charge in [0.1, 0.15) is 0 Å². The van der Waals surface area contributed by atoms with E-state index in [9.17, 15) is 13.2 Å². The third-order valence-corrected chi connectivity index (χ3v) is 1.71. The van der Waals surface area contributed by atoms with Gasteiger partial charge in [0.25, 0.3) is 0 Å². The standard InChI is InChI=1S/C6H7N.CHF3O3S.ClH/c1-6-4-2-3-5-7-6;2-1(3,4)8(5,6)7;/h2-5H,1H3;(H,5,6,7);1H/p-1. The fourth-order valence-corrected chi connectivity index (χ4v) is 0.483. The van der Waals surface area contributed by atoms with Crippen molar-refractivity contribution in [2.24, 2.45) is 0 Å². The van der Waals surface area contributed by atoms with Crippen LogP contribution in [0, 0.1) is 6.92 Å². The van der Waals surface area contributed by atoms with Crippen molar-refractivity contribution < 1.29 is 43.5 Å². The zero-order valence-corrected chi connectivity index (χ0v) is 9.53. The number of alkyl halides is 3. The van der Waals surface area contributed by atoms with E-state index in [0.717, 1.165) is 0 Å². The summed E-state index contributed by atoms with van der Waals surface area (Å²) in [6, 6.07) is 6.00. The summed E-state index contributed by atoms with van der Waals surface area (Å²) >= 11 is 0. The third-order valence-electron chi connectivity index (χ3n) is 1.15. The van der Waals surface area contributed by atoms with Crippen LogP contribution in [0.1, 0.15) is 5.69 Å². The molecule has 1 N–H and O–H groups in total. The largest absolute Gasteiger partial charge is 1.00 e. The van der Waals surface area contributed by atoms with Gasteiger partial charge in [-0.2, -0.15) is 13.2 Å². The molecular formula is C7H8ClF3NO3S-. The molecule has 0 fully saturated rings. The van der Waals surface area contributed by atoms with E-state index in [4.69, 9.17) is 13.0 Å². The molecule has 0 saturated carbocycles. The van der Waals surface area contributed by atoms with Crippen LogP contribution in [0.3, 0.4) is 0 Å². The van der Waals surface area contributed by atoms with Gasteiger partial charge in [-0.05, 0) is 0 Å². The van der Waals surface area contributed by atoms with Gasteiger partial charge in [-0.1, -0.05) is 6.07 Å². The average molecular weight is 279 g/mol. The molecule has 0 atom stereocenters. The van der Waals surface area contributed by atoms with Crippen molar-refractivity contribution in [2.75, 3.05) is 0 Å². The van der Waals surface area contributed by atoms with E-state index >= 15 is 0 Å². The molecule has 0 bridgehead atoms. The molecule has 4 nitrogen and oxygen atoms in total. The summed E-state index contributed by atoms with van der Waals surface area (Å²) in [5.74, 6) is 0. The number of nitrogens with one attached hydrogen (secondary N) is 1. The van der Waals surface area contributed by atoms with Crippen molar-refractivity contribution in [2.45, 2.75) is 12.4 Å². The highest BCUT2D eigenvalue weighted by Crippen LogP contribution is 2.20. The van der Waals surface area contributed by atoms with Crippen molar-refractivity contribution in [1.82, 2.24) is 0 Å². The third kappa shape index (κ3) is 7.43. The van der Waals surface area contributed by atoms with E-state index in [2.05, 4.69) is 4.98 Å². The van der Waals surface area contributed by atoms with Gasteiger partial charge in [-0.25, -0.2) is 13.4 Å². The molecule has 0 unspecified atom stereocenters. The molecule has 0 radical (unpaired) electrons. The Balaban J connectivity index is 0. The van der Waals surface area contributed by atoms with Crippen molar-refractivity contribution in [3.05, 3.63) is 30.1 Å². The number of aromatic amines is 1. The van der Waals surface area contributed by atoms with Crippen LogP contribution in [0.2, 0.25) is 0 Å². The fourth-order valence-electron chi connectivity index (χ4n) is 0.483. The lowest BCUT2D eigenvalue weighted by molar-refractivity contribution is -0.387. The van der Waals surface area contributed by atoms with Crippen LogP contribution in [0.25, 0.3) is 0 Å². The summed E-state index contributed by atoms with van der Waals surface area (Å²) in [4.78, 5) is 3.03. The maximum absolute atomic E-state index is 10.7. The summed E-state index contributed by atoms with van der Waals surface area (Å²) in [7, 11) is -6.09. The van der Waals surface area contributed by atoms with Crippen molar-refractivity contribution in [1.29, 1.82) is 0 Å². The molecule has 0 amide bonds. The van der Waals surface area contributed by atoms with Crippen LogP contribution in [-0.2, 0) is 10.1 Å². The lowest BCUT2D eigenvalue weighted by Crippen LogP contribution is -3.00. The van der Waals surface area contributed by atoms with Gasteiger partial charge in [0.15, 0.2) is 22.0 Å². The van der Waals surface area contributed by atoms with E-state index in [1.807, 2.05) is 31.3 Å². The van der Waals surface area contributed by atoms with Crippen LogP contribution in [0.4, 0.5) is 13.2 Å². The van der Waals surface area contributed by atoms with Crippen molar-refractivity contribution in [3.63, 3.8) is 0 Å². The number of aryl methyl sites for hydroxylation is 1. The van der Waals surface area contributed by atoms with E-state index in [-0.39, 0.29) is 12.4 Å². The summed E-state index contributed by atoms with van der Waals surface area (Å²) in [5, 5.41) is 0. The highest BCUT2D eigenvalue weighted by atomic mass is 35.5. The first kappa shape index (κ1) is 17.5. The van der Waals surface area contributed by atoms with Crippen LogP contribution in [-0.4, -0.2) is 18.5 Å². The number of pyridine rings is 1.